The number of cyclic esters (lactones) is 1. The number of carbonyl (C=O) groups excluding carboxylic acids is 2. The van der Waals surface area contributed by atoms with Crippen LogP contribution in [0.15, 0.2) is 48.5 Å². The van der Waals surface area contributed by atoms with Crippen LogP contribution in [-0.4, -0.2) is 73.8 Å². The van der Waals surface area contributed by atoms with E-state index in [4.69, 9.17) is 17.0 Å². The molecule has 0 aromatic heterocycles. The van der Waals surface area contributed by atoms with E-state index in [9.17, 15) is 18.4 Å². The molecule has 1 unspecified atom stereocenters. The molecule has 2 aromatic rings. The Morgan fingerprint density at radius 3 is 2.66 bits per heavy atom. The number of hydrogen-bond acceptors (Lipinski definition) is 6. The highest BCUT2D eigenvalue weighted by Gasteiger charge is 2.33. The fraction of sp³-hybridized carbons (Fsp3) is 0.348. The third kappa shape index (κ3) is 5.82. The normalized spacial score (nSPS) is 18.5. The number of thiocarbonyl (C=S) groups is 1. The number of hydrogen-bond donors (Lipinski definition) is 2. The van der Waals surface area contributed by atoms with Crippen molar-refractivity contribution in [2.75, 3.05) is 49.1 Å². The Morgan fingerprint density at radius 1 is 1.17 bits per heavy atom. The Morgan fingerprint density at radius 2 is 1.94 bits per heavy atom. The van der Waals surface area contributed by atoms with Crippen LogP contribution >= 0.6 is 12.2 Å². The van der Waals surface area contributed by atoms with E-state index in [0.717, 1.165) is 5.56 Å². The van der Waals surface area contributed by atoms with Crippen LogP contribution in [0.5, 0.6) is 0 Å². The minimum Gasteiger partial charge on any atom is -0.442 e. The smallest absolute Gasteiger partial charge is 0.414 e. The summed E-state index contributed by atoms with van der Waals surface area (Å²) in [6.07, 6.45) is -4.71. The van der Waals surface area contributed by atoms with E-state index in [0.29, 0.717) is 36.9 Å². The van der Waals surface area contributed by atoms with Crippen molar-refractivity contribution < 1.29 is 27.5 Å². The summed E-state index contributed by atoms with van der Waals surface area (Å²) in [5.41, 5.74) is 4.86. The molecule has 1 atom stereocenters. The highest BCUT2D eigenvalue weighted by atomic mass is 32.1. The largest absolute Gasteiger partial charge is 0.442 e. The van der Waals surface area contributed by atoms with Crippen molar-refractivity contribution >= 4 is 40.6 Å². The van der Waals surface area contributed by atoms with E-state index < -0.39 is 30.3 Å². The number of halogens is 3. The number of benzene rings is 2. The van der Waals surface area contributed by atoms with Crippen molar-refractivity contribution in [1.82, 2.24) is 15.8 Å². The molecule has 8 nitrogen and oxygen atoms in total. The molecule has 0 saturated carbocycles. The minimum atomic E-state index is -3.15. The molecule has 2 saturated heterocycles. The van der Waals surface area contributed by atoms with Gasteiger partial charge >= 0.3 is 12.5 Å². The fourth-order valence-corrected chi connectivity index (χ4v) is 4.22. The van der Waals surface area contributed by atoms with Crippen LogP contribution in [-0.2, 0) is 9.53 Å². The summed E-state index contributed by atoms with van der Waals surface area (Å²) in [6, 6.07) is 14.1. The summed E-state index contributed by atoms with van der Waals surface area (Å²) in [7, 11) is 0. The van der Waals surface area contributed by atoms with Crippen LogP contribution in [0.2, 0.25) is 0 Å². The van der Waals surface area contributed by atoms with E-state index in [1.165, 1.54) is 11.0 Å². The zero-order valence-electron chi connectivity index (χ0n) is 18.6. The van der Waals surface area contributed by atoms with Crippen LogP contribution in [0, 0.1) is 5.82 Å². The second-order valence-electron chi connectivity index (χ2n) is 8.02. The minimum absolute atomic E-state index is 0.000658. The lowest BCUT2D eigenvalue weighted by Gasteiger charge is -2.25. The molecule has 0 spiro atoms. The maximum Gasteiger partial charge on any atom is 0.414 e. The average molecular weight is 508 g/mol. The van der Waals surface area contributed by atoms with Crippen molar-refractivity contribution in [2.24, 2.45) is 0 Å². The third-order valence-corrected chi connectivity index (χ3v) is 6.16. The fourth-order valence-electron chi connectivity index (χ4n) is 3.93. The van der Waals surface area contributed by atoms with Gasteiger partial charge in [-0.15, -0.1) is 0 Å². The Hall–Kier alpha value is -3.38. The van der Waals surface area contributed by atoms with Gasteiger partial charge in [0.25, 0.3) is 5.91 Å². The molecule has 2 fully saturated rings. The van der Waals surface area contributed by atoms with Crippen molar-refractivity contribution in [2.45, 2.75) is 12.5 Å². The first kappa shape index (κ1) is 24.7. The van der Waals surface area contributed by atoms with E-state index in [1.807, 2.05) is 45.6 Å². The topological polar surface area (TPSA) is 77.2 Å². The maximum atomic E-state index is 15.1. The molecule has 2 heterocycles. The van der Waals surface area contributed by atoms with Gasteiger partial charge in [-0.2, -0.15) is 8.78 Å². The zero-order valence-corrected chi connectivity index (χ0v) is 19.4. The van der Waals surface area contributed by atoms with Gasteiger partial charge in [0.1, 0.15) is 16.9 Å². The summed E-state index contributed by atoms with van der Waals surface area (Å²) in [5.74, 6) is -1.95. The molecular formula is C23H24F3N5O3S. The first-order chi connectivity index (χ1) is 16.8. The van der Waals surface area contributed by atoms with Crippen molar-refractivity contribution in [1.29, 1.82) is 0 Å². The molecule has 12 heteroatoms. The molecule has 2 aromatic carbocycles. The van der Waals surface area contributed by atoms with Crippen LogP contribution in [0.1, 0.15) is 5.56 Å². The quantitative estimate of drug-likeness (QED) is 0.582. The standard InChI is InChI=1S/C23H24F3N5O3S/c24-18-12-16(30-14-17(34-23(30)33)13-27-21(32)20(25)26)6-7-19(18)29-9-8-28-31(11-10-29)22(35)15-4-2-1-3-5-15/h1-7,12,17,20,28H,8-11,13-14H2,(H,27,32). The molecule has 0 aliphatic carbocycles. The molecule has 186 valence electrons. The van der Waals surface area contributed by atoms with Gasteiger partial charge in [0.2, 0.25) is 0 Å². The summed E-state index contributed by atoms with van der Waals surface area (Å²) < 4.78 is 44.9. The van der Waals surface area contributed by atoms with Crippen LogP contribution < -0.4 is 20.5 Å². The maximum absolute atomic E-state index is 15.1. The Bertz CT molecular complexity index is 1090. The summed E-state index contributed by atoms with van der Waals surface area (Å²) in [5, 5.41) is 3.89. The van der Waals surface area contributed by atoms with Crippen molar-refractivity contribution in [3.05, 3.63) is 59.9 Å². The molecule has 0 bridgehead atoms. The molecular weight excluding hydrogens is 483 g/mol. The van der Waals surface area contributed by atoms with Gasteiger partial charge in [-0.05, 0) is 18.2 Å². The Labute approximate surface area is 205 Å². The predicted octanol–water partition coefficient (Wildman–Crippen LogP) is 2.53. The average Bonchev–Trinajstić information content (AvgIpc) is 3.06. The second-order valence-corrected chi connectivity index (χ2v) is 8.40. The van der Waals surface area contributed by atoms with Crippen LogP contribution in [0.4, 0.5) is 29.3 Å². The number of nitrogens with zero attached hydrogens (tertiary/aromatic N) is 3. The SMILES string of the molecule is O=C(NCC1CN(c2ccc(N3CCNN(C(=S)c4ccccc4)CC3)c(F)c2)C(=O)O1)C(F)F. The van der Waals surface area contributed by atoms with Crippen molar-refractivity contribution in [3.63, 3.8) is 0 Å². The van der Waals surface area contributed by atoms with E-state index in [2.05, 4.69) is 5.43 Å². The van der Waals surface area contributed by atoms with Crippen LogP contribution in [0.25, 0.3) is 0 Å². The third-order valence-electron chi connectivity index (χ3n) is 5.70. The number of alkyl halides is 2. The van der Waals surface area contributed by atoms with Gasteiger partial charge in [-0.25, -0.2) is 14.6 Å². The number of hydrazine groups is 1. The van der Waals surface area contributed by atoms with E-state index in [-0.39, 0.29) is 18.8 Å². The van der Waals surface area contributed by atoms with Crippen molar-refractivity contribution in [3.8, 4) is 0 Å². The molecule has 4 rings (SSSR count). The summed E-state index contributed by atoms with van der Waals surface area (Å²) in [6.45, 7) is 1.91. The van der Waals surface area contributed by atoms with Gasteiger partial charge in [0, 0.05) is 25.2 Å². The lowest BCUT2D eigenvalue weighted by atomic mass is 10.2. The summed E-state index contributed by atoms with van der Waals surface area (Å²) in [4.78, 5) is 27.0. The number of amides is 2. The van der Waals surface area contributed by atoms with Gasteiger partial charge < -0.3 is 15.0 Å². The van der Waals surface area contributed by atoms with Gasteiger partial charge in [-0.1, -0.05) is 42.5 Å². The lowest BCUT2D eigenvalue weighted by Crippen LogP contribution is -2.43. The van der Waals surface area contributed by atoms with Gasteiger partial charge in [0.05, 0.1) is 31.0 Å². The molecule has 2 amide bonds. The number of rotatable bonds is 6. The van der Waals surface area contributed by atoms with E-state index >= 15 is 4.39 Å². The lowest BCUT2D eigenvalue weighted by molar-refractivity contribution is -0.132. The number of nitrogens with one attached hydrogen (secondary N) is 2. The summed E-state index contributed by atoms with van der Waals surface area (Å²) >= 11 is 5.59. The Balaban J connectivity index is 1.38. The second kappa shape index (κ2) is 10.9. The number of ether oxygens (including phenoxy) is 1. The highest BCUT2D eigenvalue weighted by molar-refractivity contribution is 7.80. The van der Waals surface area contributed by atoms with E-state index in [1.54, 1.807) is 12.1 Å². The monoisotopic (exact) mass is 507 g/mol. The molecule has 2 aliphatic rings. The highest BCUT2D eigenvalue weighted by Crippen LogP contribution is 2.28. The van der Waals surface area contributed by atoms with Gasteiger partial charge in [0.15, 0.2) is 0 Å². The zero-order chi connectivity index (χ0) is 24.9. The molecule has 0 radical (unpaired) electrons. The first-order valence-electron chi connectivity index (χ1n) is 11.0. The molecule has 2 aliphatic heterocycles. The van der Waals surface area contributed by atoms with Crippen LogP contribution in [0.3, 0.4) is 0 Å². The number of anilines is 2. The molecule has 2 N–H and O–H groups in total. The number of carbonyl (C=O) groups is 2. The molecule has 35 heavy (non-hydrogen) atoms. The Kier molecular flexibility index (Phi) is 7.71. The first-order valence-corrected chi connectivity index (χ1v) is 11.4. The predicted molar refractivity (Wildman–Crippen MR) is 128 cm³/mol. The van der Waals surface area contributed by atoms with Gasteiger partial charge in [-0.3, -0.25) is 14.7 Å².